The zero-order valence-corrected chi connectivity index (χ0v) is 16.4. The van der Waals surface area contributed by atoms with Crippen LogP contribution in [0.2, 0.25) is 0 Å². The van der Waals surface area contributed by atoms with E-state index >= 15 is 0 Å². The number of anilines is 1. The molecule has 0 spiro atoms. The number of hydrogen-bond acceptors (Lipinski definition) is 5. The van der Waals surface area contributed by atoms with Gasteiger partial charge < -0.3 is 9.73 Å². The second kappa shape index (κ2) is 8.26. The van der Waals surface area contributed by atoms with E-state index < -0.39 is 0 Å². The van der Waals surface area contributed by atoms with Crippen molar-refractivity contribution >= 4 is 23.4 Å². The minimum absolute atomic E-state index is 0.0851. The van der Waals surface area contributed by atoms with Gasteiger partial charge in [0.25, 0.3) is 0 Å². The number of benzene rings is 1. The number of rotatable bonds is 7. The molecule has 2 heterocycles. The van der Waals surface area contributed by atoms with Crippen molar-refractivity contribution in [3.8, 4) is 11.4 Å². The van der Waals surface area contributed by atoms with Crippen molar-refractivity contribution in [1.29, 1.82) is 0 Å². The number of hydrogen-bond donors (Lipinski definition) is 1. The molecule has 1 amide bonds. The van der Waals surface area contributed by atoms with Crippen LogP contribution in [0.3, 0.4) is 0 Å². The maximum Gasteiger partial charge on any atom is 0.237 e. The summed E-state index contributed by atoms with van der Waals surface area (Å²) in [6.45, 7) is 10.1. The Morgan fingerprint density at radius 2 is 2.04 bits per heavy atom. The molecule has 0 radical (unpaired) electrons. The average Bonchev–Trinajstić information content (AvgIpc) is 3.23. The number of carbonyl (C=O) groups excluding carboxylic acids is 1. The van der Waals surface area contributed by atoms with Crippen molar-refractivity contribution in [1.82, 2.24) is 14.8 Å². The number of nitrogens with zero attached hydrogens (tertiary/aromatic N) is 3. The second-order valence-corrected chi connectivity index (χ2v) is 7.52. The van der Waals surface area contributed by atoms with Crippen LogP contribution in [0.4, 0.5) is 5.69 Å². The van der Waals surface area contributed by atoms with E-state index in [1.165, 1.54) is 11.8 Å². The first-order chi connectivity index (χ1) is 13.0. The van der Waals surface area contributed by atoms with E-state index in [2.05, 4.69) is 22.1 Å². The van der Waals surface area contributed by atoms with Crippen LogP contribution in [0.25, 0.3) is 11.4 Å². The fourth-order valence-electron chi connectivity index (χ4n) is 2.58. The van der Waals surface area contributed by atoms with Crippen molar-refractivity contribution in [3.05, 3.63) is 60.6 Å². The summed E-state index contributed by atoms with van der Waals surface area (Å²) in [6.07, 6.45) is 3.41. The van der Waals surface area contributed by atoms with E-state index in [9.17, 15) is 4.79 Å². The molecule has 0 saturated heterocycles. The van der Waals surface area contributed by atoms with E-state index in [0.717, 1.165) is 22.6 Å². The van der Waals surface area contributed by atoms with Crippen LogP contribution in [0, 0.1) is 13.8 Å². The normalized spacial score (nSPS) is 12.0. The second-order valence-electron chi connectivity index (χ2n) is 6.21. The number of allylic oxidation sites excluding steroid dienone is 1. The Morgan fingerprint density at radius 1 is 1.30 bits per heavy atom. The molecule has 140 valence electrons. The average molecular weight is 382 g/mol. The molecule has 3 aromatic rings. The lowest BCUT2D eigenvalue weighted by atomic mass is 10.2. The maximum atomic E-state index is 12.5. The highest BCUT2D eigenvalue weighted by Crippen LogP contribution is 2.29. The van der Waals surface area contributed by atoms with Crippen molar-refractivity contribution in [3.63, 3.8) is 0 Å². The predicted molar refractivity (Wildman–Crippen MR) is 108 cm³/mol. The molecule has 6 nitrogen and oxygen atoms in total. The minimum atomic E-state index is -0.336. The SMILES string of the molecule is C=CCn1c(S[C@H](C)C(=O)Nc2ccc(C)cc2)nnc1-c1ccoc1C. The molecule has 1 N–H and O–H groups in total. The highest BCUT2D eigenvalue weighted by atomic mass is 32.2. The minimum Gasteiger partial charge on any atom is -0.469 e. The zero-order valence-electron chi connectivity index (χ0n) is 15.6. The van der Waals surface area contributed by atoms with Gasteiger partial charge in [-0.25, -0.2) is 0 Å². The Balaban J connectivity index is 1.77. The van der Waals surface area contributed by atoms with Gasteiger partial charge in [-0.3, -0.25) is 9.36 Å². The fourth-order valence-corrected chi connectivity index (χ4v) is 3.44. The van der Waals surface area contributed by atoms with Gasteiger partial charge in [-0.1, -0.05) is 35.5 Å². The Kier molecular flexibility index (Phi) is 5.81. The van der Waals surface area contributed by atoms with Gasteiger partial charge in [0.15, 0.2) is 11.0 Å². The summed E-state index contributed by atoms with van der Waals surface area (Å²) >= 11 is 1.36. The Bertz CT molecular complexity index is 943. The number of carbonyl (C=O) groups is 1. The topological polar surface area (TPSA) is 73.0 Å². The number of furan rings is 1. The summed E-state index contributed by atoms with van der Waals surface area (Å²) in [5.41, 5.74) is 2.81. The van der Waals surface area contributed by atoms with E-state index in [0.29, 0.717) is 17.5 Å². The van der Waals surface area contributed by atoms with Gasteiger partial charge in [-0.05, 0) is 39.0 Å². The number of thioether (sulfide) groups is 1. The van der Waals surface area contributed by atoms with Crippen LogP contribution in [0.1, 0.15) is 18.2 Å². The number of aromatic nitrogens is 3. The molecule has 27 heavy (non-hydrogen) atoms. The van der Waals surface area contributed by atoms with E-state index in [1.54, 1.807) is 12.3 Å². The highest BCUT2D eigenvalue weighted by Gasteiger charge is 2.21. The first kappa shape index (κ1) is 19.0. The van der Waals surface area contributed by atoms with E-state index in [1.807, 2.05) is 55.7 Å². The molecule has 7 heteroatoms. The Morgan fingerprint density at radius 3 is 2.67 bits per heavy atom. The molecule has 0 unspecified atom stereocenters. The fraction of sp³-hybridized carbons (Fsp3) is 0.250. The van der Waals surface area contributed by atoms with Gasteiger partial charge in [0.2, 0.25) is 5.91 Å². The first-order valence-corrected chi connectivity index (χ1v) is 9.50. The van der Waals surface area contributed by atoms with E-state index in [-0.39, 0.29) is 11.2 Å². The molecular weight excluding hydrogens is 360 g/mol. The number of aryl methyl sites for hydroxylation is 2. The molecule has 0 fully saturated rings. The summed E-state index contributed by atoms with van der Waals surface area (Å²) in [7, 11) is 0. The van der Waals surface area contributed by atoms with Crippen LogP contribution < -0.4 is 5.32 Å². The summed E-state index contributed by atoms with van der Waals surface area (Å²) in [6, 6.07) is 9.58. The van der Waals surface area contributed by atoms with Crippen LogP contribution >= 0.6 is 11.8 Å². The molecule has 3 rings (SSSR count). The summed E-state index contributed by atoms with van der Waals surface area (Å²) < 4.78 is 7.31. The standard InChI is InChI=1S/C20H22N4O2S/c1-5-11-24-18(17-10-12-26-14(17)3)22-23-20(24)27-15(4)19(25)21-16-8-6-13(2)7-9-16/h5-10,12,15H,1,11H2,2-4H3,(H,21,25)/t15-/m1/s1. The van der Waals surface area contributed by atoms with Gasteiger partial charge in [0, 0.05) is 12.2 Å². The van der Waals surface area contributed by atoms with Gasteiger partial charge in [-0.15, -0.1) is 16.8 Å². The predicted octanol–water partition coefficient (Wildman–Crippen LogP) is 4.46. The lowest BCUT2D eigenvalue weighted by molar-refractivity contribution is -0.115. The van der Waals surface area contributed by atoms with Crippen molar-refractivity contribution < 1.29 is 9.21 Å². The van der Waals surface area contributed by atoms with Gasteiger partial charge in [-0.2, -0.15) is 0 Å². The van der Waals surface area contributed by atoms with Crippen molar-refractivity contribution in [2.24, 2.45) is 0 Å². The number of amides is 1. The van der Waals surface area contributed by atoms with Crippen molar-refractivity contribution in [2.45, 2.75) is 37.7 Å². The molecule has 0 saturated carbocycles. The summed E-state index contributed by atoms with van der Waals surface area (Å²) in [5.74, 6) is 1.39. The smallest absolute Gasteiger partial charge is 0.237 e. The quantitative estimate of drug-likeness (QED) is 0.482. The van der Waals surface area contributed by atoms with Crippen LogP contribution in [-0.4, -0.2) is 25.9 Å². The molecule has 1 atom stereocenters. The number of nitrogens with one attached hydrogen (secondary N) is 1. The lowest BCUT2D eigenvalue weighted by Gasteiger charge is -2.13. The van der Waals surface area contributed by atoms with Crippen LogP contribution in [0.5, 0.6) is 0 Å². The largest absolute Gasteiger partial charge is 0.469 e. The van der Waals surface area contributed by atoms with Gasteiger partial charge in [0.05, 0.1) is 17.1 Å². The molecular formula is C20H22N4O2S. The third-order valence-corrected chi connectivity index (χ3v) is 5.18. The molecule has 2 aromatic heterocycles. The molecule has 1 aromatic carbocycles. The summed E-state index contributed by atoms with van der Waals surface area (Å²) in [4.78, 5) is 12.5. The zero-order chi connectivity index (χ0) is 19.4. The van der Waals surface area contributed by atoms with Gasteiger partial charge >= 0.3 is 0 Å². The Hall–Kier alpha value is -2.80. The molecule has 0 aliphatic carbocycles. The van der Waals surface area contributed by atoms with E-state index in [4.69, 9.17) is 4.42 Å². The molecule has 0 aliphatic rings. The Labute approximate surface area is 162 Å². The molecule has 0 bridgehead atoms. The molecule has 0 aliphatic heterocycles. The lowest BCUT2D eigenvalue weighted by Crippen LogP contribution is -2.23. The third kappa shape index (κ3) is 4.31. The first-order valence-electron chi connectivity index (χ1n) is 8.62. The monoisotopic (exact) mass is 382 g/mol. The van der Waals surface area contributed by atoms with Crippen LogP contribution in [0.15, 0.2) is 58.8 Å². The third-order valence-electron chi connectivity index (χ3n) is 4.10. The van der Waals surface area contributed by atoms with Crippen LogP contribution in [-0.2, 0) is 11.3 Å². The highest BCUT2D eigenvalue weighted by molar-refractivity contribution is 8.00. The maximum absolute atomic E-state index is 12.5. The van der Waals surface area contributed by atoms with Crippen molar-refractivity contribution in [2.75, 3.05) is 5.32 Å². The summed E-state index contributed by atoms with van der Waals surface area (Å²) in [5, 5.41) is 11.8. The van der Waals surface area contributed by atoms with Gasteiger partial charge in [0.1, 0.15) is 5.76 Å².